The quantitative estimate of drug-likeness (QED) is 0.890. The Hall–Kier alpha value is -3.14. The van der Waals surface area contributed by atoms with Crippen LogP contribution in [0.2, 0.25) is 0 Å². The van der Waals surface area contributed by atoms with Crippen molar-refractivity contribution < 1.29 is 9.53 Å². The maximum absolute atomic E-state index is 11.1. The van der Waals surface area contributed by atoms with E-state index in [4.69, 9.17) is 15.7 Å². The zero-order valence-electron chi connectivity index (χ0n) is 11.6. The average Bonchev–Trinajstić information content (AvgIpc) is 2.50. The van der Waals surface area contributed by atoms with Crippen LogP contribution in [-0.2, 0) is 0 Å². The van der Waals surface area contributed by atoms with Gasteiger partial charge in [0, 0.05) is 18.5 Å². The Morgan fingerprint density at radius 1 is 1.32 bits per heavy atom. The van der Waals surface area contributed by atoms with E-state index < -0.39 is 5.91 Å². The lowest BCUT2D eigenvalue weighted by Crippen LogP contribution is -2.54. The maximum Gasteiger partial charge on any atom is 0.267 e. The third-order valence-corrected chi connectivity index (χ3v) is 3.33. The van der Waals surface area contributed by atoms with Crippen molar-refractivity contribution in [2.24, 2.45) is 5.73 Å². The summed E-state index contributed by atoms with van der Waals surface area (Å²) in [7, 11) is 0. The van der Waals surface area contributed by atoms with Crippen LogP contribution < -0.4 is 15.4 Å². The van der Waals surface area contributed by atoms with Crippen LogP contribution in [0.3, 0.4) is 0 Å². The largest absolute Gasteiger partial charge is 0.487 e. The van der Waals surface area contributed by atoms with E-state index in [1.54, 1.807) is 24.4 Å². The van der Waals surface area contributed by atoms with Gasteiger partial charge in [0.05, 0.1) is 24.7 Å². The SMILES string of the molecule is N#Cc1ccnc(N2CC(Oc3ccnc(C(N)=O)c3)C2)c1. The van der Waals surface area contributed by atoms with Gasteiger partial charge in [0.2, 0.25) is 0 Å². The Kier molecular flexibility index (Phi) is 3.58. The topological polar surface area (TPSA) is 105 Å². The van der Waals surface area contributed by atoms with Crippen LogP contribution in [0.5, 0.6) is 5.75 Å². The van der Waals surface area contributed by atoms with Crippen LogP contribution in [0.15, 0.2) is 36.7 Å². The van der Waals surface area contributed by atoms with Crippen LogP contribution in [0.25, 0.3) is 0 Å². The number of rotatable bonds is 4. The molecule has 0 saturated carbocycles. The second-order valence-electron chi connectivity index (χ2n) is 4.90. The van der Waals surface area contributed by atoms with Gasteiger partial charge >= 0.3 is 0 Å². The second-order valence-corrected chi connectivity index (χ2v) is 4.90. The summed E-state index contributed by atoms with van der Waals surface area (Å²) in [4.78, 5) is 21.2. The molecule has 0 aromatic carbocycles. The molecule has 3 heterocycles. The smallest absolute Gasteiger partial charge is 0.267 e. The highest BCUT2D eigenvalue weighted by Crippen LogP contribution is 2.23. The maximum atomic E-state index is 11.1. The van der Waals surface area contributed by atoms with E-state index in [1.165, 1.54) is 12.3 Å². The second kappa shape index (κ2) is 5.69. The van der Waals surface area contributed by atoms with Crippen molar-refractivity contribution in [3.05, 3.63) is 47.9 Å². The van der Waals surface area contributed by atoms with E-state index in [-0.39, 0.29) is 11.8 Å². The first kappa shape index (κ1) is 13.8. The summed E-state index contributed by atoms with van der Waals surface area (Å²) in [5, 5.41) is 8.89. The average molecular weight is 295 g/mol. The number of ether oxygens (including phenoxy) is 1. The van der Waals surface area contributed by atoms with E-state index >= 15 is 0 Å². The number of hydrogen-bond donors (Lipinski definition) is 1. The molecular formula is C15H13N5O2. The number of aromatic nitrogens is 2. The van der Waals surface area contributed by atoms with Crippen molar-refractivity contribution in [2.75, 3.05) is 18.0 Å². The molecule has 0 atom stereocenters. The molecule has 2 N–H and O–H groups in total. The minimum atomic E-state index is -0.585. The first-order chi connectivity index (χ1) is 10.7. The lowest BCUT2D eigenvalue weighted by atomic mass is 10.1. The first-order valence-corrected chi connectivity index (χ1v) is 6.69. The predicted molar refractivity (Wildman–Crippen MR) is 78.3 cm³/mol. The summed E-state index contributed by atoms with van der Waals surface area (Å²) in [6.07, 6.45) is 3.10. The molecule has 1 fully saturated rings. The normalized spacial score (nSPS) is 14.0. The molecule has 2 aromatic heterocycles. The number of carbonyl (C=O) groups is 1. The number of carbonyl (C=O) groups excluding carboxylic acids is 1. The van der Waals surface area contributed by atoms with Crippen molar-refractivity contribution in [1.29, 1.82) is 5.26 Å². The van der Waals surface area contributed by atoms with Gasteiger partial charge in [0.1, 0.15) is 23.4 Å². The summed E-state index contributed by atoms with van der Waals surface area (Å²) in [6.45, 7) is 1.33. The third kappa shape index (κ3) is 2.81. The standard InChI is InChI=1S/C15H13N5O2/c16-7-10-1-3-19-14(5-10)20-8-12(9-20)22-11-2-4-18-13(6-11)15(17)21/h1-6,12H,8-9H2,(H2,17,21). The molecule has 1 amide bonds. The van der Waals surface area contributed by atoms with Gasteiger partial charge in [-0.3, -0.25) is 9.78 Å². The number of nitrogens with zero attached hydrogens (tertiary/aromatic N) is 4. The Morgan fingerprint density at radius 3 is 2.82 bits per heavy atom. The lowest BCUT2D eigenvalue weighted by Gasteiger charge is -2.39. The molecule has 110 valence electrons. The van der Waals surface area contributed by atoms with Crippen molar-refractivity contribution in [3.8, 4) is 11.8 Å². The summed E-state index contributed by atoms with van der Waals surface area (Å²) < 4.78 is 5.77. The number of pyridine rings is 2. The van der Waals surface area contributed by atoms with E-state index in [0.717, 1.165) is 5.82 Å². The van der Waals surface area contributed by atoms with Gasteiger partial charge in [-0.25, -0.2) is 4.98 Å². The van der Waals surface area contributed by atoms with Crippen LogP contribution >= 0.6 is 0 Å². The predicted octanol–water partition coefficient (Wildman–Crippen LogP) is 0.715. The van der Waals surface area contributed by atoms with Crippen molar-refractivity contribution >= 4 is 11.7 Å². The number of primary amides is 1. The Balaban J connectivity index is 1.61. The van der Waals surface area contributed by atoms with Crippen molar-refractivity contribution in [2.45, 2.75) is 6.10 Å². The molecule has 2 aromatic rings. The van der Waals surface area contributed by atoms with E-state index in [1.807, 2.05) is 4.90 Å². The van der Waals surface area contributed by atoms with Crippen LogP contribution in [-0.4, -0.2) is 35.1 Å². The van der Waals surface area contributed by atoms with Crippen molar-refractivity contribution in [1.82, 2.24) is 9.97 Å². The summed E-state index contributed by atoms with van der Waals surface area (Å²) in [5.74, 6) is 0.733. The van der Waals surface area contributed by atoms with Gasteiger partial charge in [-0.2, -0.15) is 5.26 Å². The highest BCUT2D eigenvalue weighted by molar-refractivity contribution is 5.91. The minimum Gasteiger partial charge on any atom is -0.487 e. The molecule has 0 bridgehead atoms. The molecule has 7 heteroatoms. The summed E-state index contributed by atoms with van der Waals surface area (Å²) in [5.41, 5.74) is 5.94. The fourth-order valence-corrected chi connectivity index (χ4v) is 2.17. The third-order valence-electron chi connectivity index (χ3n) is 3.33. The molecule has 22 heavy (non-hydrogen) atoms. The molecule has 7 nitrogen and oxygen atoms in total. The highest BCUT2D eigenvalue weighted by atomic mass is 16.5. The number of nitrogens with two attached hydrogens (primary N) is 1. The van der Waals surface area contributed by atoms with Crippen LogP contribution in [0, 0.1) is 11.3 Å². The molecule has 0 spiro atoms. The van der Waals surface area contributed by atoms with Gasteiger partial charge in [0.15, 0.2) is 0 Å². The van der Waals surface area contributed by atoms with Gasteiger partial charge < -0.3 is 15.4 Å². The van der Waals surface area contributed by atoms with Gasteiger partial charge in [-0.05, 0) is 18.2 Å². The number of nitriles is 1. The van der Waals surface area contributed by atoms with Crippen LogP contribution in [0.1, 0.15) is 16.1 Å². The molecule has 0 unspecified atom stereocenters. The minimum absolute atomic E-state index is 0.00401. The molecule has 1 aliphatic heterocycles. The molecule has 1 aliphatic rings. The Labute approximate surface area is 127 Å². The van der Waals surface area contributed by atoms with E-state index in [0.29, 0.717) is 24.4 Å². The fraction of sp³-hybridized carbons (Fsp3) is 0.200. The summed E-state index contributed by atoms with van der Waals surface area (Å²) >= 11 is 0. The fourth-order valence-electron chi connectivity index (χ4n) is 2.17. The lowest BCUT2D eigenvalue weighted by molar-refractivity contribution is 0.0994. The zero-order valence-corrected chi connectivity index (χ0v) is 11.6. The van der Waals surface area contributed by atoms with E-state index in [2.05, 4.69) is 16.0 Å². The zero-order chi connectivity index (χ0) is 15.5. The van der Waals surface area contributed by atoms with Gasteiger partial charge in [-0.15, -0.1) is 0 Å². The monoisotopic (exact) mass is 295 g/mol. The Morgan fingerprint density at radius 2 is 2.09 bits per heavy atom. The molecule has 0 radical (unpaired) electrons. The van der Waals surface area contributed by atoms with E-state index in [9.17, 15) is 4.79 Å². The molecule has 3 rings (SSSR count). The summed E-state index contributed by atoms with van der Waals surface area (Å²) in [6, 6.07) is 8.71. The molecular weight excluding hydrogens is 282 g/mol. The van der Waals surface area contributed by atoms with Crippen LogP contribution in [0.4, 0.5) is 5.82 Å². The first-order valence-electron chi connectivity index (χ1n) is 6.69. The van der Waals surface area contributed by atoms with Gasteiger partial charge in [-0.1, -0.05) is 0 Å². The highest BCUT2D eigenvalue weighted by Gasteiger charge is 2.29. The molecule has 0 aliphatic carbocycles. The van der Waals surface area contributed by atoms with Crippen molar-refractivity contribution in [3.63, 3.8) is 0 Å². The Bertz CT molecular complexity index is 750. The molecule has 1 saturated heterocycles. The number of hydrogen-bond acceptors (Lipinski definition) is 6. The van der Waals surface area contributed by atoms with Gasteiger partial charge in [0.25, 0.3) is 5.91 Å². The number of anilines is 1. The number of amides is 1.